The molecule has 3 rings (SSSR count). The molecule has 0 spiro atoms. The first-order valence-electron chi connectivity index (χ1n) is 9.61. The molecule has 2 aromatic carbocycles. The molecule has 0 unspecified atom stereocenters. The number of hydrogen-bond acceptors (Lipinski definition) is 4. The number of ether oxygens (including phenoxy) is 1. The van der Waals surface area contributed by atoms with Crippen LogP contribution in [0.15, 0.2) is 42.5 Å². The van der Waals surface area contributed by atoms with E-state index in [-0.39, 0.29) is 24.4 Å². The predicted molar refractivity (Wildman–Crippen MR) is 117 cm³/mol. The SMILES string of the molecule is CC(C)OCc1cccc(CNC(=O)CN2CCCc3c(N)cccc32)c1.Cl. The largest absolute Gasteiger partial charge is 0.398 e. The van der Waals surface area contributed by atoms with Crippen molar-refractivity contribution in [3.05, 3.63) is 59.2 Å². The number of amides is 1. The number of hydrogen-bond donors (Lipinski definition) is 2. The number of nitrogens with two attached hydrogens (primary N) is 1. The smallest absolute Gasteiger partial charge is 0.239 e. The Morgan fingerprint density at radius 2 is 1.96 bits per heavy atom. The van der Waals surface area contributed by atoms with E-state index in [4.69, 9.17) is 10.5 Å². The standard InChI is InChI=1S/C22H29N3O2.ClH/c1-16(2)27-15-18-7-3-6-17(12-18)13-24-22(26)14-25-11-5-8-19-20(23)9-4-10-21(19)25;/h3-4,6-7,9-10,12,16H,5,8,11,13-15,23H2,1-2H3,(H,24,26);1H. The van der Waals surface area contributed by atoms with Gasteiger partial charge in [0.25, 0.3) is 0 Å². The van der Waals surface area contributed by atoms with Gasteiger partial charge >= 0.3 is 0 Å². The van der Waals surface area contributed by atoms with E-state index in [1.54, 1.807) is 0 Å². The van der Waals surface area contributed by atoms with Crippen molar-refractivity contribution in [1.29, 1.82) is 0 Å². The fourth-order valence-electron chi connectivity index (χ4n) is 3.41. The van der Waals surface area contributed by atoms with E-state index in [1.165, 1.54) is 0 Å². The second-order valence-corrected chi connectivity index (χ2v) is 7.33. The number of nitrogen functional groups attached to an aromatic ring is 1. The van der Waals surface area contributed by atoms with Crippen LogP contribution in [0.25, 0.3) is 0 Å². The molecule has 1 amide bonds. The van der Waals surface area contributed by atoms with Gasteiger partial charge in [0.15, 0.2) is 0 Å². The van der Waals surface area contributed by atoms with Crippen LogP contribution < -0.4 is 16.0 Å². The molecule has 0 atom stereocenters. The lowest BCUT2D eigenvalue weighted by atomic mass is 10.00. The minimum absolute atomic E-state index is 0. The zero-order valence-corrected chi connectivity index (χ0v) is 17.4. The number of benzene rings is 2. The Labute approximate surface area is 173 Å². The van der Waals surface area contributed by atoms with Crippen molar-refractivity contribution in [3.8, 4) is 0 Å². The minimum atomic E-state index is 0. The Morgan fingerprint density at radius 1 is 1.21 bits per heavy atom. The Kier molecular flexibility index (Phi) is 8.15. The highest BCUT2D eigenvalue weighted by Gasteiger charge is 2.20. The van der Waals surface area contributed by atoms with Crippen molar-refractivity contribution in [1.82, 2.24) is 5.32 Å². The van der Waals surface area contributed by atoms with Crippen LogP contribution in [0.1, 0.15) is 37.0 Å². The topological polar surface area (TPSA) is 67.6 Å². The summed E-state index contributed by atoms with van der Waals surface area (Å²) < 4.78 is 5.65. The lowest BCUT2D eigenvalue weighted by Crippen LogP contribution is -2.39. The van der Waals surface area contributed by atoms with Gasteiger partial charge in [-0.1, -0.05) is 30.3 Å². The monoisotopic (exact) mass is 403 g/mol. The van der Waals surface area contributed by atoms with E-state index in [1.807, 2.05) is 44.2 Å². The van der Waals surface area contributed by atoms with Gasteiger partial charge in [0.1, 0.15) is 0 Å². The van der Waals surface area contributed by atoms with Crippen LogP contribution in [-0.2, 0) is 29.1 Å². The molecular formula is C22H30ClN3O2. The van der Waals surface area contributed by atoms with Crippen molar-refractivity contribution in [2.24, 2.45) is 0 Å². The Balaban J connectivity index is 0.00000280. The highest BCUT2D eigenvalue weighted by Crippen LogP contribution is 2.30. The maximum Gasteiger partial charge on any atom is 0.239 e. The summed E-state index contributed by atoms with van der Waals surface area (Å²) >= 11 is 0. The maximum atomic E-state index is 12.5. The Hall–Kier alpha value is -2.24. The molecule has 0 aromatic heterocycles. The second kappa shape index (κ2) is 10.3. The summed E-state index contributed by atoms with van der Waals surface area (Å²) in [6.45, 7) is 6.39. The van der Waals surface area contributed by atoms with Crippen LogP contribution in [-0.4, -0.2) is 25.1 Å². The molecule has 0 radical (unpaired) electrons. The molecule has 0 aliphatic carbocycles. The highest BCUT2D eigenvalue weighted by atomic mass is 35.5. The van der Waals surface area contributed by atoms with Crippen LogP contribution in [0.2, 0.25) is 0 Å². The van der Waals surface area contributed by atoms with Crippen LogP contribution in [0.5, 0.6) is 0 Å². The van der Waals surface area contributed by atoms with Crippen LogP contribution in [0.4, 0.5) is 11.4 Å². The van der Waals surface area contributed by atoms with Gasteiger partial charge in [-0.15, -0.1) is 12.4 Å². The number of anilines is 2. The third-order valence-electron chi connectivity index (χ3n) is 4.78. The number of carbonyl (C=O) groups excluding carboxylic acids is 1. The molecular weight excluding hydrogens is 374 g/mol. The third-order valence-corrected chi connectivity index (χ3v) is 4.78. The fraction of sp³-hybridized carbons (Fsp3) is 0.409. The van der Waals surface area contributed by atoms with Crippen molar-refractivity contribution in [3.63, 3.8) is 0 Å². The van der Waals surface area contributed by atoms with E-state index in [9.17, 15) is 4.79 Å². The van der Waals surface area contributed by atoms with Crippen molar-refractivity contribution in [2.75, 3.05) is 23.7 Å². The van der Waals surface area contributed by atoms with E-state index >= 15 is 0 Å². The zero-order valence-electron chi connectivity index (χ0n) is 16.6. The summed E-state index contributed by atoms with van der Waals surface area (Å²) in [6, 6.07) is 14.1. The zero-order chi connectivity index (χ0) is 19.2. The molecule has 0 fully saturated rings. The molecule has 1 heterocycles. The maximum absolute atomic E-state index is 12.5. The molecule has 0 saturated carbocycles. The molecule has 6 heteroatoms. The summed E-state index contributed by atoms with van der Waals surface area (Å²) in [4.78, 5) is 14.6. The van der Waals surface area contributed by atoms with Gasteiger partial charge in [0.05, 0.1) is 19.3 Å². The molecule has 0 saturated heterocycles. The summed E-state index contributed by atoms with van der Waals surface area (Å²) in [5, 5.41) is 3.03. The lowest BCUT2D eigenvalue weighted by molar-refractivity contribution is -0.119. The lowest BCUT2D eigenvalue weighted by Gasteiger charge is -2.31. The molecule has 3 N–H and O–H groups in total. The Bertz CT molecular complexity index is 795. The average Bonchev–Trinajstić information content (AvgIpc) is 2.66. The van der Waals surface area contributed by atoms with Gasteiger partial charge in [0.2, 0.25) is 5.91 Å². The van der Waals surface area contributed by atoms with Crippen molar-refractivity contribution < 1.29 is 9.53 Å². The second-order valence-electron chi connectivity index (χ2n) is 7.33. The Morgan fingerprint density at radius 3 is 2.75 bits per heavy atom. The first-order chi connectivity index (χ1) is 13.0. The molecule has 5 nitrogen and oxygen atoms in total. The van der Waals surface area contributed by atoms with Gasteiger partial charge in [0, 0.05) is 24.5 Å². The number of nitrogens with zero attached hydrogens (tertiary/aromatic N) is 1. The summed E-state index contributed by atoms with van der Waals surface area (Å²) in [5.74, 6) is 0.0223. The van der Waals surface area contributed by atoms with Crippen molar-refractivity contribution in [2.45, 2.75) is 45.9 Å². The first kappa shape index (κ1) is 22.1. The molecule has 0 bridgehead atoms. The van der Waals surface area contributed by atoms with Crippen LogP contribution >= 0.6 is 12.4 Å². The summed E-state index contributed by atoms with van der Waals surface area (Å²) in [5.41, 5.74) is 11.4. The average molecular weight is 404 g/mol. The molecule has 152 valence electrons. The highest BCUT2D eigenvalue weighted by molar-refractivity contribution is 5.85. The molecule has 2 aromatic rings. The number of halogens is 1. The minimum Gasteiger partial charge on any atom is -0.398 e. The van der Waals surface area contributed by atoms with Gasteiger partial charge in [-0.25, -0.2) is 0 Å². The van der Waals surface area contributed by atoms with E-state index in [0.717, 1.165) is 47.5 Å². The number of rotatable bonds is 7. The van der Waals surface area contributed by atoms with Crippen molar-refractivity contribution >= 4 is 29.7 Å². The fourth-order valence-corrected chi connectivity index (χ4v) is 3.41. The predicted octanol–water partition coefficient (Wildman–Crippen LogP) is 3.68. The van der Waals surface area contributed by atoms with E-state index in [2.05, 4.69) is 22.3 Å². The van der Waals surface area contributed by atoms with Gasteiger partial charge in [-0.3, -0.25) is 4.79 Å². The summed E-state index contributed by atoms with van der Waals surface area (Å²) in [7, 11) is 0. The first-order valence-corrected chi connectivity index (χ1v) is 9.61. The normalized spacial score (nSPS) is 13.0. The number of carbonyl (C=O) groups is 1. The van der Waals surface area contributed by atoms with Crippen LogP contribution in [0, 0.1) is 0 Å². The van der Waals surface area contributed by atoms with E-state index in [0.29, 0.717) is 19.7 Å². The summed E-state index contributed by atoms with van der Waals surface area (Å²) in [6.07, 6.45) is 2.20. The van der Waals surface area contributed by atoms with Gasteiger partial charge in [-0.2, -0.15) is 0 Å². The number of fused-ring (bicyclic) bond motifs is 1. The molecule has 1 aliphatic rings. The van der Waals surface area contributed by atoms with Gasteiger partial charge < -0.3 is 20.7 Å². The third kappa shape index (κ3) is 5.88. The molecule has 28 heavy (non-hydrogen) atoms. The number of nitrogens with one attached hydrogen (secondary N) is 1. The van der Waals surface area contributed by atoms with Gasteiger partial charge in [-0.05, 0) is 55.5 Å². The quantitative estimate of drug-likeness (QED) is 0.692. The van der Waals surface area contributed by atoms with E-state index < -0.39 is 0 Å². The molecule has 1 aliphatic heterocycles. The van der Waals surface area contributed by atoms with Crippen LogP contribution in [0.3, 0.4) is 0 Å².